The van der Waals surface area contributed by atoms with E-state index in [0.717, 1.165) is 17.7 Å². The lowest BCUT2D eigenvalue weighted by molar-refractivity contribution is -0.142. The fourth-order valence-electron chi connectivity index (χ4n) is 1.95. The van der Waals surface area contributed by atoms with Crippen molar-refractivity contribution in [2.45, 2.75) is 12.5 Å². The van der Waals surface area contributed by atoms with Gasteiger partial charge in [-0.25, -0.2) is 0 Å². The number of ether oxygens (including phenoxy) is 1. The molecule has 0 saturated carbocycles. The van der Waals surface area contributed by atoms with E-state index in [0.29, 0.717) is 17.5 Å². The molecule has 0 aliphatic heterocycles. The third-order valence-electron chi connectivity index (χ3n) is 3.01. The topological polar surface area (TPSA) is 65.2 Å². The lowest BCUT2D eigenvalue weighted by Crippen LogP contribution is -2.33. The number of carbonyl (C=O) groups is 1. The van der Waals surface area contributed by atoms with Crippen molar-refractivity contribution in [1.29, 1.82) is 0 Å². The second-order valence-corrected chi connectivity index (χ2v) is 4.53. The maximum atomic E-state index is 13.1. The third-order valence-corrected chi connectivity index (χ3v) is 3.01. The molecule has 0 amide bonds. The molecular weight excluding hydrogens is 349 g/mol. The van der Waals surface area contributed by atoms with E-state index < -0.39 is 23.9 Å². The van der Waals surface area contributed by atoms with Crippen LogP contribution in [0.3, 0.4) is 0 Å². The molecule has 0 bridgehead atoms. The Kier molecular flexibility index (Phi) is 8.68. The Bertz CT molecular complexity index is 634. The van der Waals surface area contributed by atoms with Gasteiger partial charge in [0.15, 0.2) is 0 Å². The maximum Gasteiger partial charge on any atom is 0.322 e. The molecule has 0 radical (unpaired) electrons. The summed E-state index contributed by atoms with van der Waals surface area (Å²) in [4.78, 5) is 14.3. The van der Waals surface area contributed by atoms with Crippen molar-refractivity contribution in [3.8, 4) is 11.1 Å². The van der Waals surface area contributed by atoms with E-state index in [4.69, 9.17) is 5.73 Å². The highest BCUT2D eigenvalue weighted by atomic mass is 35.5. The highest BCUT2D eigenvalue weighted by molar-refractivity contribution is 5.85. The molecule has 0 saturated heterocycles. The third kappa shape index (κ3) is 5.74. The summed E-state index contributed by atoms with van der Waals surface area (Å²) in [6.07, 6.45) is 0.325. The van der Waals surface area contributed by atoms with Crippen LogP contribution in [-0.4, -0.2) is 24.1 Å². The Hall–Kier alpha value is -1.76. The largest absolute Gasteiger partial charge is 0.468 e. The zero-order valence-electron chi connectivity index (χ0n) is 12.2. The first-order valence-corrected chi connectivity index (χ1v) is 6.25. The number of benzene rings is 1. The summed E-state index contributed by atoms with van der Waals surface area (Å²) in [5.74, 6) is -2.24. The summed E-state index contributed by atoms with van der Waals surface area (Å²) in [6.45, 7) is 0. The lowest BCUT2D eigenvalue weighted by Gasteiger charge is -2.10. The first-order chi connectivity index (χ1) is 9.99. The monoisotopic (exact) mass is 364 g/mol. The zero-order valence-corrected chi connectivity index (χ0v) is 13.8. The average molecular weight is 365 g/mol. The Morgan fingerprint density at radius 2 is 1.65 bits per heavy atom. The highest BCUT2D eigenvalue weighted by Gasteiger charge is 2.14. The molecule has 1 aromatic carbocycles. The summed E-state index contributed by atoms with van der Waals surface area (Å²) in [5, 5.41) is 0. The number of esters is 1. The average Bonchev–Trinajstić information content (AvgIpc) is 2.46. The van der Waals surface area contributed by atoms with E-state index in [1.54, 1.807) is 24.3 Å². The lowest BCUT2D eigenvalue weighted by atomic mass is 10.0. The van der Waals surface area contributed by atoms with E-state index in [9.17, 15) is 13.6 Å². The Balaban J connectivity index is 0.00000242. The first-order valence-electron chi connectivity index (χ1n) is 6.25. The molecule has 0 aliphatic rings. The van der Waals surface area contributed by atoms with Crippen molar-refractivity contribution >= 4 is 30.8 Å². The molecule has 2 N–H and O–H groups in total. The molecule has 1 aromatic heterocycles. The van der Waals surface area contributed by atoms with Crippen molar-refractivity contribution in [2.75, 3.05) is 7.11 Å². The minimum Gasteiger partial charge on any atom is -0.468 e. The summed E-state index contributed by atoms with van der Waals surface area (Å²) < 4.78 is 30.7. The number of nitrogens with two attached hydrogens (primary N) is 1. The van der Waals surface area contributed by atoms with Gasteiger partial charge in [0.1, 0.15) is 6.04 Å². The van der Waals surface area contributed by atoms with E-state index in [-0.39, 0.29) is 24.8 Å². The van der Waals surface area contributed by atoms with Crippen LogP contribution >= 0.6 is 24.8 Å². The molecule has 1 heterocycles. The minimum absolute atomic E-state index is 0. The SMILES string of the molecule is COC(=O)[C@@H](N)Cc1ccc(-c2cc(F)nc(F)c2)cc1.Cl.Cl. The smallest absolute Gasteiger partial charge is 0.322 e. The molecule has 4 nitrogen and oxygen atoms in total. The van der Waals surface area contributed by atoms with Crippen LogP contribution in [-0.2, 0) is 16.0 Å². The van der Waals surface area contributed by atoms with E-state index in [1.165, 1.54) is 7.11 Å². The highest BCUT2D eigenvalue weighted by Crippen LogP contribution is 2.21. The fraction of sp³-hybridized carbons (Fsp3) is 0.200. The number of nitrogens with zero attached hydrogens (tertiary/aromatic N) is 1. The number of hydrogen-bond donors (Lipinski definition) is 1. The second-order valence-electron chi connectivity index (χ2n) is 4.53. The Labute approximate surface area is 144 Å². The van der Waals surface area contributed by atoms with Crippen LogP contribution in [0.4, 0.5) is 8.78 Å². The van der Waals surface area contributed by atoms with Gasteiger partial charge in [-0.05, 0) is 23.1 Å². The van der Waals surface area contributed by atoms with Crippen molar-refractivity contribution in [3.05, 3.63) is 53.9 Å². The van der Waals surface area contributed by atoms with Gasteiger partial charge in [0.2, 0.25) is 11.9 Å². The van der Waals surface area contributed by atoms with Gasteiger partial charge in [-0.2, -0.15) is 13.8 Å². The van der Waals surface area contributed by atoms with Crippen LogP contribution in [0.2, 0.25) is 0 Å². The van der Waals surface area contributed by atoms with Crippen molar-refractivity contribution in [3.63, 3.8) is 0 Å². The number of hydrogen-bond acceptors (Lipinski definition) is 4. The maximum absolute atomic E-state index is 13.1. The van der Waals surface area contributed by atoms with Crippen molar-refractivity contribution in [2.24, 2.45) is 5.73 Å². The molecule has 0 unspecified atom stereocenters. The van der Waals surface area contributed by atoms with Crippen LogP contribution in [0.25, 0.3) is 11.1 Å². The molecular formula is C15H16Cl2F2N2O2. The van der Waals surface area contributed by atoms with Crippen molar-refractivity contribution in [1.82, 2.24) is 4.98 Å². The predicted octanol–water partition coefficient (Wildman–Crippen LogP) is 2.91. The van der Waals surface area contributed by atoms with E-state index >= 15 is 0 Å². The number of halogens is 4. The van der Waals surface area contributed by atoms with E-state index in [2.05, 4.69) is 9.72 Å². The minimum atomic E-state index is -0.873. The second kappa shape index (κ2) is 9.39. The van der Waals surface area contributed by atoms with Crippen LogP contribution in [0.15, 0.2) is 36.4 Å². The summed E-state index contributed by atoms with van der Waals surface area (Å²) in [5.41, 5.74) is 7.53. The number of pyridine rings is 1. The van der Waals surface area contributed by atoms with Gasteiger partial charge in [0.25, 0.3) is 0 Å². The standard InChI is InChI=1S/C15H14F2N2O2.2ClH/c1-21-15(20)12(18)6-9-2-4-10(5-3-9)11-7-13(16)19-14(17)8-11;;/h2-5,7-8,12H,6,18H2,1H3;2*1H/t12-;;/m0../s1. The summed E-state index contributed by atoms with van der Waals surface area (Å²) in [6, 6.07) is 8.46. The molecule has 0 aliphatic carbocycles. The number of aromatic nitrogens is 1. The fourth-order valence-corrected chi connectivity index (χ4v) is 1.95. The Morgan fingerprint density at radius 1 is 1.13 bits per heavy atom. The van der Waals surface area contributed by atoms with Gasteiger partial charge in [0, 0.05) is 12.1 Å². The summed E-state index contributed by atoms with van der Waals surface area (Å²) in [7, 11) is 1.28. The molecule has 1 atom stereocenters. The molecule has 2 rings (SSSR count). The predicted molar refractivity (Wildman–Crippen MR) is 87.8 cm³/mol. The van der Waals surface area contributed by atoms with Gasteiger partial charge < -0.3 is 10.5 Å². The normalized spacial score (nSPS) is 11.0. The van der Waals surface area contributed by atoms with Gasteiger partial charge in [-0.1, -0.05) is 24.3 Å². The number of methoxy groups -OCH3 is 1. The van der Waals surface area contributed by atoms with Gasteiger partial charge >= 0.3 is 5.97 Å². The Morgan fingerprint density at radius 3 is 2.13 bits per heavy atom. The molecule has 126 valence electrons. The number of carbonyl (C=O) groups excluding carboxylic acids is 1. The quantitative estimate of drug-likeness (QED) is 0.669. The zero-order chi connectivity index (χ0) is 15.4. The molecule has 0 spiro atoms. The van der Waals surface area contributed by atoms with E-state index in [1.807, 2.05) is 0 Å². The molecule has 8 heteroatoms. The number of rotatable bonds is 4. The van der Waals surface area contributed by atoms with Crippen LogP contribution in [0.1, 0.15) is 5.56 Å². The van der Waals surface area contributed by atoms with Crippen LogP contribution in [0.5, 0.6) is 0 Å². The van der Waals surface area contributed by atoms with Gasteiger partial charge in [-0.15, -0.1) is 24.8 Å². The summed E-state index contributed by atoms with van der Waals surface area (Å²) >= 11 is 0. The van der Waals surface area contributed by atoms with Crippen LogP contribution in [0, 0.1) is 11.9 Å². The molecule has 2 aromatic rings. The van der Waals surface area contributed by atoms with Crippen molar-refractivity contribution < 1.29 is 18.3 Å². The molecule has 23 heavy (non-hydrogen) atoms. The van der Waals surface area contributed by atoms with Gasteiger partial charge in [-0.3, -0.25) is 4.79 Å². The van der Waals surface area contributed by atoms with Gasteiger partial charge in [0.05, 0.1) is 7.11 Å². The molecule has 0 fully saturated rings. The van der Waals surface area contributed by atoms with Crippen LogP contribution < -0.4 is 5.73 Å². The first kappa shape index (κ1) is 21.2.